The molecule has 2 unspecified atom stereocenters. The van der Waals surface area contributed by atoms with Crippen LogP contribution in [0.4, 0.5) is 5.69 Å². The van der Waals surface area contributed by atoms with Crippen molar-refractivity contribution in [1.82, 2.24) is 0 Å². The Balaban J connectivity index is 1.93. The number of carboxylic acid groups (broad SMARTS) is 1. The van der Waals surface area contributed by atoms with E-state index >= 15 is 0 Å². The Morgan fingerprint density at radius 1 is 1.24 bits per heavy atom. The zero-order chi connectivity index (χ0) is 15.2. The summed E-state index contributed by atoms with van der Waals surface area (Å²) >= 11 is 0. The van der Waals surface area contributed by atoms with Gasteiger partial charge in [-0.05, 0) is 43.0 Å². The van der Waals surface area contributed by atoms with Crippen molar-refractivity contribution in [3.05, 3.63) is 35.9 Å². The van der Waals surface area contributed by atoms with E-state index in [1.807, 2.05) is 0 Å². The Bertz CT molecular complexity index is 537. The first kappa shape index (κ1) is 15.3. The van der Waals surface area contributed by atoms with Crippen molar-refractivity contribution in [3.8, 4) is 0 Å². The van der Waals surface area contributed by atoms with Crippen LogP contribution in [0, 0.1) is 5.92 Å². The van der Waals surface area contributed by atoms with Crippen molar-refractivity contribution in [1.29, 1.82) is 0 Å². The number of aliphatic carboxylic acids is 1. The topological polar surface area (TPSA) is 92.4 Å². The summed E-state index contributed by atoms with van der Waals surface area (Å²) in [6, 6.07) is 7.19. The minimum atomic E-state index is -0.985. The van der Waals surface area contributed by atoms with Crippen LogP contribution < -0.4 is 11.1 Å². The number of nitrogens with one attached hydrogen (secondary N) is 1. The van der Waals surface area contributed by atoms with Gasteiger partial charge in [-0.15, -0.1) is 0 Å². The second-order valence-electron chi connectivity index (χ2n) is 5.41. The van der Waals surface area contributed by atoms with E-state index in [1.165, 1.54) is 6.08 Å². The molecule has 0 heterocycles. The van der Waals surface area contributed by atoms with E-state index in [2.05, 4.69) is 5.32 Å². The molecule has 1 amide bonds. The molecule has 5 heteroatoms. The molecule has 1 saturated carbocycles. The van der Waals surface area contributed by atoms with Crippen LogP contribution in [0.1, 0.15) is 31.2 Å². The lowest BCUT2D eigenvalue weighted by Crippen LogP contribution is -2.34. The average Bonchev–Trinajstić information content (AvgIpc) is 2.46. The fourth-order valence-electron chi connectivity index (χ4n) is 2.56. The van der Waals surface area contributed by atoms with Gasteiger partial charge in [0.05, 0.1) is 0 Å². The molecule has 0 bridgehead atoms. The van der Waals surface area contributed by atoms with Crippen LogP contribution in [-0.4, -0.2) is 23.0 Å². The maximum absolute atomic E-state index is 12.2. The highest BCUT2D eigenvalue weighted by Crippen LogP contribution is 2.24. The standard InChI is InChI=1S/C16H20N2O3/c17-13-3-1-2-12(10-13)16(21)18-14-7-4-11(5-8-14)6-9-15(19)20/h4-9,12-13H,1-3,10,17H2,(H,18,21)(H,19,20)/b9-6+. The summed E-state index contributed by atoms with van der Waals surface area (Å²) < 4.78 is 0. The number of hydrogen-bond donors (Lipinski definition) is 3. The molecule has 0 aliphatic heterocycles. The predicted molar refractivity (Wildman–Crippen MR) is 81.7 cm³/mol. The highest BCUT2D eigenvalue weighted by atomic mass is 16.4. The van der Waals surface area contributed by atoms with Crippen molar-refractivity contribution in [2.24, 2.45) is 11.7 Å². The zero-order valence-electron chi connectivity index (χ0n) is 11.8. The number of nitrogens with two attached hydrogens (primary N) is 1. The molecule has 0 saturated heterocycles. The highest BCUT2D eigenvalue weighted by Gasteiger charge is 2.25. The number of anilines is 1. The predicted octanol–water partition coefficient (Wildman–Crippen LogP) is 2.24. The minimum Gasteiger partial charge on any atom is -0.478 e. The summed E-state index contributed by atoms with van der Waals surface area (Å²) in [5, 5.41) is 11.4. The SMILES string of the molecule is NC1CCCC(C(=O)Nc2ccc(/C=C/C(=O)O)cc2)C1. The summed E-state index contributed by atoms with van der Waals surface area (Å²) in [5.41, 5.74) is 7.39. The quantitative estimate of drug-likeness (QED) is 0.741. The maximum Gasteiger partial charge on any atom is 0.328 e. The van der Waals surface area contributed by atoms with E-state index in [9.17, 15) is 9.59 Å². The molecule has 1 fully saturated rings. The Hall–Kier alpha value is -2.14. The molecule has 0 radical (unpaired) electrons. The normalized spacial score (nSPS) is 22.1. The van der Waals surface area contributed by atoms with Crippen molar-refractivity contribution >= 4 is 23.6 Å². The van der Waals surface area contributed by atoms with Crippen LogP contribution in [0.2, 0.25) is 0 Å². The first-order chi connectivity index (χ1) is 10.0. The van der Waals surface area contributed by atoms with Gasteiger partial charge in [0, 0.05) is 23.7 Å². The van der Waals surface area contributed by atoms with E-state index < -0.39 is 5.97 Å². The molecule has 4 N–H and O–H groups in total. The summed E-state index contributed by atoms with van der Waals surface area (Å²) in [5.74, 6) is -0.986. The number of amides is 1. The molecule has 1 aliphatic carbocycles. The molecule has 2 atom stereocenters. The summed E-state index contributed by atoms with van der Waals surface area (Å²) in [6.07, 6.45) is 6.21. The number of carboxylic acids is 1. The van der Waals surface area contributed by atoms with Gasteiger partial charge in [-0.1, -0.05) is 18.6 Å². The largest absolute Gasteiger partial charge is 0.478 e. The van der Waals surface area contributed by atoms with Gasteiger partial charge in [-0.2, -0.15) is 0 Å². The molecule has 2 rings (SSSR count). The molecule has 1 aliphatic rings. The Morgan fingerprint density at radius 2 is 1.95 bits per heavy atom. The monoisotopic (exact) mass is 288 g/mol. The van der Waals surface area contributed by atoms with E-state index in [4.69, 9.17) is 10.8 Å². The van der Waals surface area contributed by atoms with Crippen molar-refractivity contribution in [2.45, 2.75) is 31.7 Å². The average molecular weight is 288 g/mol. The molecule has 1 aromatic rings. The molecule has 112 valence electrons. The zero-order valence-corrected chi connectivity index (χ0v) is 11.8. The molecule has 1 aromatic carbocycles. The second-order valence-corrected chi connectivity index (χ2v) is 5.41. The molecular weight excluding hydrogens is 268 g/mol. The van der Waals surface area contributed by atoms with Gasteiger partial charge in [0.25, 0.3) is 0 Å². The number of hydrogen-bond acceptors (Lipinski definition) is 3. The second kappa shape index (κ2) is 7.04. The fraction of sp³-hybridized carbons (Fsp3) is 0.375. The fourth-order valence-corrected chi connectivity index (χ4v) is 2.56. The summed E-state index contributed by atoms with van der Waals surface area (Å²) in [4.78, 5) is 22.6. The van der Waals surface area contributed by atoms with Crippen LogP contribution in [0.25, 0.3) is 6.08 Å². The molecule has 0 spiro atoms. The minimum absolute atomic E-state index is 0.0129. The van der Waals surface area contributed by atoms with Gasteiger partial charge in [0.2, 0.25) is 5.91 Å². The van der Waals surface area contributed by atoms with Gasteiger partial charge in [0.15, 0.2) is 0 Å². The number of carbonyl (C=O) groups is 2. The van der Waals surface area contributed by atoms with Gasteiger partial charge in [-0.3, -0.25) is 4.79 Å². The van der Waals surface area contributed by atoms with Gasteiger partial charge < -0.3 is 16.2 Å². The third-order valence-corrected chi connectivity index (χ3v) is 3.68. The van der Waals surface area contributed by atoms with Crippen LogP contribution in [0.3, 0.4) is 0 Å². The first-order valence-electron chi connectivity index (χ1n) is 7.12. The molecule has 5 nitrogen and oxygen atoms in total. The Kier molecular flexibility index (Phi) is 5.11. The number of rotatable bonds is 4. The van der Waals surface area contributed by atoms with Gasteiger partial charge in [-0.25, -0.2) is 4.79 Å². The van der Waals surface area contributed by atoms with Crippen molar-refractivity contribution in [3.63, 3.8) is 0 Å². The van der Waals surface area contributed by atoms with Crippen LogP contribution >= 0.6 is 0 Å². The molecule has 0 aromatic heterocycles. The van der Waals surface area contributed by atoms with Crippen LogP contribution in [-0.2, 0) is 9.59 Å². The number of carbonyl (C=O) groups excluding carboxylic acids is 1. The first-order valence-corrected chi connectivity index (χ1v) is 7.12. The third-order valence-electron chi connectivity index (χ3n) is 3.68. The van der Waals surface area contributed by atoms with Gasteiger partial charge in [0.1, 0.15) is 0 Å². The van der Waals surface area contributed by atoms with Crippen LogP contribution in [0.15, 0.2) is 30.3 Å². The highest BCUT2D eigenvalue weighted by molar-refractivity contribution is 5.92. The summed E-state index contributed by atoms with van der Waals surface area (Å²) in [6.45, 7) is 0. The van der Waals surface area contributed by atoms with Crippen molar-refractivity contribution < 1.29 is 14.7 Å². The van der Waals surface area contributed by atoms with E-state index in [-0.39, 0.29) is 17.9 Å². The number of benzene rings is 1. The third kappa shape index (κ3) is 4.72. The lowest BCUT2D eigenvalue weighted by molar-refractivity contribution is -0.131. The van der Waals surface area contributed by atoms with Crippen LogP contribution in [0.5, 0.6) is 0 Å². The lowest BCUT2D eigenvalue weighted by atomic mass is 9.85. The van der Waals surface area contributed by atoms with E-state index in [1.54, 1.807) is 24.3 Å². The van der Waals surface area contributed by atoms with Crippen molar-refractivity contribution in [2.75, 3.05) is 5.32 Å². The lowest BCUT2D eigenvalue weighted by Gasteiger charge is -2.25. The van der Waals surface area contributed by atoms with E-state index in [0.717, 1.165) is 37.3 Å². The van der Waals surface area contributed by atoms with Gasteiger partial charge >= 0.3 is 5.97 Å². The van der Waals surface area contributed by atoms with E-state index in [0.29, 0.717) is 5.69 Å². The Morgan fingerprint density at radius 3 is 2.57 bits per heavy atom. The smallest absolute Gasteiger partial charge is 0.328 e. The molecular formula is C16H20N2O3. The Labute approximate surface area is 123 Å². The molecule has 21 heavy (non-hydrogen) atoms. The maximum atomic E-state index is 12.2. The summed E-state index contributed by atoms with van der Waals surface area (Å²) in [7, 11) is 0.